The minimum Gasteiger partial charge on any atom is -0.494 e. The van der Waals surface area contributed by atoms with E-state index in [1.165, 1.54) is 43.5 Å². The van der Waals surface area contributed by atoms with Crippen molar-refractivity contribution in [2.45, 2.75) is 98.1 Å². The largest absolute Gasteiger partial charge is 0.494 e. The van der Waals surface area contributed by atoms with Crippen LogP contribution in [0.25, 0.3) is 0 Å². The molecule has 2 unspecified atom stereocenters. The van der Waals surface area contributed by atoms with Crippen LogP contribution >= 0.6 is 0 Å². The molecule has 0 fully saturated rings. The van der Waals surface area contributed by atoms with Gasteiger partial charge < -0.3 is 46.4 Å². The maximum Gasteiger partial charge on any atom is 0.336 e. The molecule has 19 nitrogen and oxygen atoms in total. The number of rotatable bonds is 21. The fourth-order valence-corrected chi connectivity index (χ4v) is 7.26. The van der Waals surface area contributed by atoms with Crippen molar-refractivity contribution >= 4 is 70.3 Å². The molecule has 2 atom stereocenters. The number of hydrogen-bond acceptors (Lipinski definition) is 11. The number of nitrogens with zero attached hydrogens (tertiary/aromatic N) is 2. The lowest BCUT2D eigenvalue weighted by molar-refractivity contribution is 0.0675. The minimum absolute atomic E-state index is 0.0725. The lowest BCUT2D eigenvalue weighted by atomic mass is 9.91. The highest BCUT2D eigenvalue weighted by atomic mass is 16.5. The summed E-state index contributed by atoms with van der Waals surface area (Å²) in [5.74, 6) is -9.70. The maximum absolute atomic E-state index is 13.6. The number of carboxylic acid groups (broad SMARTS) is 4. The van der Waals surface area contributed by atoms with Gasteiger partial charge in [0.25, 0.3) is 23.6 Å². The Labute approximate surface area is 386 Å². The zero-order valence-corrected chi connectivity index (χ0v) is 38.4. The van der Waals surface area contributed by atoms with Gasteiger partial charge in [0.05, 0.1) is 68.7 Å². The van der Waals surface area contributed by atoms with E-state index in [2.05, 4.69) is 31.5 Å². The van der Waals surface area contributed by atoms with Crippen LogP contribution in [0.15, 0.2) is 70.9 Å². The van der Waals surface area contributed by atoms with Gasteiger partial charge in [0.1, 0.15) is 5.75 Å². The molecule has 0 aliphatic carbocycles. The van der Waals surface area contributed by atoms with Crippen molar-refractivity contribution in [2.24, 2.45) is 10.2 Å². The van der Waals surface area contributed by atoms with Crippen LogP contribution in [0.2, 0.25) is 0 Å². The number of azo groups is 1. The van der Waals surface area contributed by atoms with Crippen molar-refractivity contribution in [3.8, 4) is 5.75 Å². The van der Waals surface area contributed by atoms with E-state index < -0.39 is 103 Å². The van der Waals surface area contributed by atoms with E-state index in [1.54, 1.807) is 20.8 Å². The first-order valence-corrected chi connectivity index (χ1v) is 21.3. The molecule has 0 saturated carbocycles. The predicted molar refractivity (Wildman–Crippen MR) is 247 cm³/mol. The molecule has 0 aliphatic heterocycles. The topological polar surface area (TPSA) is 300 Å². The summed E-state index contributed by atoms with van der Waals surface area (Å²) < 4.78 is 5.47. The van der Waals surface area contributed by atoms with Gasteiger partial charge >= 0.3 is 23.9 Å². The SMILES string of the molecule is CCCC(C)(CC)NC(=O)c1cc(C(=O)O)c(C(=O)Nc2ccc(N=Nc3cc(OC)c(NC(=O)c4cc(C(=O)O)c(C(=O)NC(C)(CC)CCC)cc4C(=O)O)cc3C)cc2)cc1C(=O)O. The van der Waals surface area contributed by atoms with Gasteiger partial charge in [0.15, 0.2) is 0 Å². The zero-order chi connectivity index (χ0) is 50.0. The zero-order valence-electron chi connectivity index (χ0n) is 38.4. The van der Waals surface area contributed by atoms with Crippen molar-refractivity contribution in [2.75, 3.05) is 17.7 Å². The first-order valence-electron chi connectivity index (χ1n) is 21.3. The molecule has 0 saturated heterocycles. The van der Waals surface area contributed by atoms with Gasteiger partial charge in [-0.25, -0.2) is 19.2 Å². The normalized spacial score (nSPS) is 12.8. The number of carbonyl (C=O) groups excluding carboxylic acids is 4. The summed E-state index contributed by atoms with van der Waals surface area (Å²) in [6, 6.07) is 12.2. The Kier molecular flexibility index (Phi) is 16.8. The van der Waals surface area contributed by atoms with Crippen LogP contribution in [0.5, 0.6) is 5.75 Å². The van der Waals surface area contributed by atoms with Crippen LogP contribution < -0.4 is 26.0 Å². The van der Waals surface area contributed by atoms with Gasteiger partial charge in [-0.2, -0.15) is 10.2 Å². The number of carbonyl (C=O) groups is 8. The fourth-order valence-electron chi connectivity index (χ4n) is 7.26. The fraction of sp³-hybridized carbons (Fsp3) is 0.333. The quantitative estimate of drug-likeness (QED) is 0.0362. The van der Waals surface area contributed by atoms with Gasteiger partial charge in [0, 0.05) is 22.8 Å². The standard InChI is InChI=1S/C48H54N6O13/c1-9-17-47(6,11-3)51-41(57)30-22-32(43(59)60)28(20-34(30)45(63)64)39(55)49-26-13-15-27(16-14-26)53-54-36-24-38(67-8)37(19-25(36)5)50-40(56)29-21-35(46(65)66)31(23-33(29)44(61)62)42(58)52-48(7,12-4)18-10-2/h13-16,19-24H,9-12,17-18H2,1-8H3,(H,49,55)(H,50,56)(H,51,57)(H,52,58)(H,59,60)(H,61,62)(H,63,64)(H,65,66). The van der Waals surface area contributed by atoms with E-state index in [4.69, 9.17) is 4.74 Å². The van der Waals surface area contributed by atoms with E-state index in [1.807, 2.05) is 27.7 Å². The number of amides is 4. The van der Waals surface area contributed by atoms with Crippen molar-refractivity contribution in [3.05, 3.63) is 111 Å². The second-order valence-electron chi connectivity index (χ2n) is 16.3. The van der Waals surface area contributed by atoms with Crippen LogP contribution in [0, 0.1) is 6.92 Å². The molecule has 0 radical (unpaired) electrons. The van der Waals surface area contributed by atoms with Crippen LogP contribution in [-0.2, 0) is 0 Å². The molecule has 4 amide bonds. The highest BCUT2D eigenvalue weighted by Crippen LogP contribution is 2.35. The number of aromatic carboxylic acids is 4. The second-order valence-corrected chi connectivity index (χ2v) is 16.3. The number of anilines is 2. The lowest BCUT2D eigenvalue weighted by Gasteiger charge is -2.29. The van der Waals surface area contributed by atoms with Gasteiger partial charge in [-0.05, 0) is 107 Å². The van der Waals surface area contributed by atoms with Crippen molar-refractivity contribution in [1.82, 2.24) is 10.6 Å². The third-order valence-electron chi connectivity index (χ3n) is 11.4. The van der Waals surface area contributed by atoms with Crippen LogP contribution in [0.1, 0.15) is 168 Å². The van der Waals surface area contributed by atoms with Crippen molar-refractivity contribution in [1.29, 1.82) is 0 Å². The Morgan fingerprint density at radius 2 is 0.925 bits per heavy atom. The molecule has 0 bridgehead atoms. The van der Waals surface area contributed by atoms with Crippen molar-refractivity contribution in [3.63, 3.8) is 0 Å². The molecule has 19 heteroatoms. The number of benzene rings is 4. The number of methoxy groups -OCH3 is 1. The van der Waals surface area contributed by atoms with Crippen LogP contribution in [0.3, 0.4) is 0 Å². The molecular weight excluding hydrogens is 869 g/mol. The van der Waals surface area contributed by atoms with Gasteiger partial charge in [-0.1, -0.05) is 40.5 Å². The maximum atomic E-state index is 13.6. The van der Waals surface area contributed by atoms with Crippen LogP contribution in [-0.4, -0.2) is 86.1 Å². The van der Waals surface area contributed by atoms with Gasteiger partial charge in [-0.15, -0.1) is 0 Å². The molecule has 0 aliphatic rings. The molecule has 354 valence electrons. The molecule has 4 aromatic carbocycles. The lowest BCUT2D eigenvalue weighted by Crippen LogP contribution is -2.45. The molecule has 0 heterocycles. The summed E-state index contributed by atoms with van der Waals surface area (Å²) in [6.45, 7) is 12.8. The smallest absolute Gasteiger partial charge is 0.336 e. The predicted octanol–water partition coefficient (Wildman–Crippen LogP) is 9.11. The average Bonchev–Trinajstić information content (AvgIpc) is 3.28. The van der Waals surface area contributed by atoms with E-state index in [0.29, 0.717) is 36.9 Å². The molecule has 67 heavy (non-hydrogen) atoms. The highest BCUT2D eigenvalue weighted by molar-refractivity contribution is 6.16. The number of aryl methyl sites for hydroxylation is 1. The first kappa shape index (κ1) is 51.7. The van der Waals surface area contributed by atoms with Gasteiger partial charge in [-0.3, -0.25) is 19.2 Å². The Bertz CT molecular complexity index is 2660. The van der Waals surface area contributed by atoms with Gasteiger partial charge in [0.2, 0.25) is 0 Å². The molecular formula is C48H54N6O13. The van der Waals surface area contributed by atoms with Crippen LogP contribution in [0.4, 0.5) is 22.7 Å². The van der Waals surface area contributed by atoms with E-state index >= 15 is 0 Å². The third-order valence-corrected chi connectivity index (χ3v) is 11.4. The van der Waals surface area contributed by atoms with E-state index in [0.717, 1.165) is 37.1 Å². The highest BCUT2D eigenvalue weighted by Gasteiger charge is 2.32. The Balaban J connectivity index is 1.57. The number of hydrogen-bond donors (Lipinski definition) is 8. The summed E-state index contributed by atoms with van der Waals surface area (Å²) in [7, 11) is 1.30. The summed E-state index contributed by atoms with van der Waals surface area (Å²) in [6.07, 6.45) is 3.68. The Hall–Kier alpha value is -7.96. The summed E-state index contributed by atoms with van der Waals surface area (Å²) in [5, 5.41) is 59.2. The minimum atomic E-state index is -1.58. The number of carboxylic acids is 4. The second kappa shape index (κ2) is 21.8. The third kappa shape index (κ3) is 12.4. The Morgan fingerprint density at radius 1 is 0.537 bits per heavy atom. The monoisotopic (exact) mass is 922 g/mol. The molecule has 8 N–H and O–H groups in total. The van der Waals surface area contributed by atoms with E-state index in [9.17, 15) is 58.8 Å². The number of ether oxygens (including phenoxy) is 1. The van der Waals surface area contributed by atoms with Crippen molar-refractivity contribution < 1.29 is 63.5 Å². The average molecular weight is 923 g/mol. The Morgan fingerprint density at radius 3 is 1.28 bits per heavy atom. The summed E-state index contributed by atoms with van der Waals surface area (Å²) in [5.41, 5.74) is -4.25. The molecule has 4 aromatic rings. The summed E-state index contributed by atoms with van der Waals surface area (Å²) in [4.78, 5) is 103. The molecule has 4 rings (SSSR count). The molecule has 0 spiro atoms. The first-order chi connectivity index (χ1) is 31.5. The summed E-state index contributed by atoms with van der Waals surface area (Å²) >= 11 is 0. The number of nitrogens with one attached hydrogen (secondary N) is 4. The molecule has 0 aromatic heterocycles. The van der Waals surface area contributed by atoms with E-state index in [-0.39, 0.29) is 22.8 Å².